The third kappa shape index (κ3) is 0.939. The summed E-state index contributed by atoms with van der Waals surface area (Å²) in [7, 11) is 0. The maximum atomic E-state index is 11.8. The molecule has 14 heavy (non-hydrogen) atoms. The van der Waals surface area contributed by atoms with Gasteiger partial charge in [-0.25, -0.2) is 0 Å². The van der Waals surface area contributed by atoms with Crippen LogP contribution in [-0.4, -0.2) is 23.4 Å². The molecule has 0 radical (unpaired) electrons. The SMILES string of the molecule is O=C1C(c2ccccc2)C2CCCN12. The molecule has 0 aliphatic carbocycles. The topological polar surface area (TPSA) is 20.3 Å². The fraction of sp³-hybridized carbons (Fsp3) is 0.417. The van der Waals surface area contributed by atoms with E-state index < -0.39 is 0 Å². The Balaban J connectivity index is 1.90. The average Bonchev–Trinajstić information content (AvgIpc) is 2.63. The Morgan fingerprint density at radius 3 is 2.79 bits per heavy atom. The van der Waals surface area contributed by atoms with Gasteiger partial charge in [-0.3, -0.25) is 4.79 Å². The Morgan fingerprint density at radius 1 is 1.21 bits per heavy atom. The Kier molecular flexibility index (Phi) is 1.63. The Hall–Kier alpha value is -1.31. The minimum atomic E-state index is 0.165. The largest absolute Gasteiger partial charge is 0.338 e. The molecule has 1 amide bonds. The molecule has 1 aromatic carbocycles. The zero-order chi connectivity index (χ0) is 9.54. The zero-order valence-corrected chi connectivity index (χ0v) is 8.02. The van der Waals surface area contributed by atoms with Gasteiger partial charge in [0.05, 0.1) is 5.92 Å². The molecule has 2 heteroatoms. The van der Waals surface area contributed by atoms with Gasteiger partial charge in [0.2, 0.25) is 5.91 Å². The van der Waals surface area contributed by atoms with Crippen molar-refractivity contribution in [3.05, 3.63) is 35.9 Å². The van der Waals surface area contributed by atoms with Crippen LogP contribution in [0.1, 0.15) is 24.3 Å². The lowest BCUT2D eigenvalue weighted by Crippen LogP contribution is -2.55. The van der Waals surface area contributed by atoms with Crippen LogP contribution in [-0.2, 0) is 4.79 Å². The van der Waals surface area contributed by atoms with Gasteiger partial charge in [0.15, 0.2) is 0 Å². The molecule has 2 heterocycles. The van der Waals surface area contributed by atoms with E-state index in [0.717, 1.165) is 6.54 Å². The summed E-state index contributed by atoms with van der Waals surface area (Å²) in [5.41, 5.74) is 1.20. The molecule has 0 N–H and O–H groups in total. The van der Waals surface area contributed by atoms with Crippen molar-refractivity contribution in [1.82, 2.24) is 4.90 Å². The summed E-state index contributed by atoms with van der Waals surface area (Å²) in [6.45, 7) is 0.979. The third-order valence-electron chi connectivity index (χ3n) is 3.39. The van der Waals surface area contributed by atoms with Gasteiger partial charge in [0.25, 0.3) is 0 Å². The molecule has 3 rings (SSSR count). The molecule has 2 nitrogen and oxygen atoms in total. The van der Waals surface area contributed by atoms with Gasteiger partial charge >= 0.3 is 0 Å². The summed E-state index contributed by atoms with van der Waals surface area (Å²) in [5.74, 6) is 0.498. The van der Waals surface area contributed by atoms with Crippen molar-refractivity contribution >= 4 is 5.91 Å². The summed E-state index contributed by atoms with van der Waals surface area (Å²) >= 11 is 0. The Bertz CT molecular complexity index is 360. The van der Waals surface area contributed by atoms with Crippen molar-refractivity contribution in [3.63, 3.8) is 0 Å². The number of nitrogens with zero attached hydrogens (tertiary/aromatic N) is 1. The molecule has 2 aliphatic heterocycles. The van der Waals surface area contributed by atoms with E-state index in [1.807, 2.05) is 23.1 Å². The van der Waals surface area contributed by atoms with Crippen molar-refractivity contribution in [3.8, 4) is 0 Å². The number of hydrogen-bond acceptors (Lipinski definition) is 1. The summed E-state index contributed by atoms with van der Waals surface area (Å²) in [4.78, 5) is 13.8. The van der Waals surface area contributed by atoms with Crippen LogP contribution < -0.4 is 0 Å². The van der Waals surface area contributed by atoms with Gasteiger partial charge in [-0.2, -0.15) is 0 Å². The van der Waals surface area contributed by atoms with Crippen molar-refractivity contribution in [2.24, 2.45) is 0 Å². The second-order valence-corrected chi connectivity index (χ2v) is 4.13. The van der Waals surface area contributed by atoms with Crippen molar-refractivity contribution in [2.45, 2.75) is 24.8 Å². The van der Waals surface area contributed by atoms with E-state index in [1.165, 1.54) is 18.4 Å². The minimum Gasteiger partial charge on any atom is -0.338 e. The normalized spacial score (nSPS) is 30.0. The number of carbonyl (C=O) groups excluding carboxylic acids is 1. The molecular weight excluding hydrogens is 174 g/mol. The van der Waals surface area contributed by atoms with E-state index in [0.29, 0.717) is 11.9 Å². The highest BCUT2D eigenvalue weighted by atomic mass is 16.2. The van der Waals surface area contributed by atoms with Crippen LogP contribution in [0, 0.1) is 0 Å². The highest BCUT2D eigenvalue weighted by molar-refractivity contribution is 5.91. The molecule has 2 aliphatic rings. The first kappa shape index (κ1) is 8.04. The highest BCUT2D eigenvalue weighted by Gasteiger charge is 2.49. The molecule has 0 bridgehead atoms. The van der Waals surface area contributed by atoms with E-state index in [4.69, 9.17) is 0 Å². The summed E-state index contributed by atoms with van der Waals surface area (Å²) in [6.07, 6.45) is 2.37. The number of amides is 1. The van der Waals surface area contributed by atoms with Gasteiger partial charge in [0.1, 0.15) is 0 Å². The number of fused-ring (bicyclic) bond motifs is 1. The minimum absolute atomic E-state index is 0.165. The van der Waals surface area contributed by atoms with Crippen molar-refractivity contribution < 1.29 is 4.79 Å². The number of rotatable bonds is 1. The average molecular weight is 187 g/mol. The second kappa shape index (κ2) is 2.84. The highest BCUT2D eigenvalue weighted by Crippen LogP contribution is 2.41. The van der Waals surface area contributed by atoms with Gasteiger partial charge in [-0.15, -0.1) is 0 Å². The van der Waals surface area contributed by atoms with E-state index in [1.54, 1.807) is 0 Å². The molecule has 1 aromatic rings. The van der Waals surface area contributed by atoms with E-state index in [-0.39, 0.29) is 5.92 Å². The third-order valence-corrected chi connectivity index (χ3v) is 3.39. The number of β-lactam (4-membered cyclic amide) rings is 1. The standard InChI is InChI=1S/C12H13NO/c14-12-11(9-5-2-1-3-6-9)10-7-4-8-13(10)12/h1-3,5-6,10-11H,4,7-8H2. The number of hydrogen-bond donors (Lipinski definition) is 0. The lowest BCUT2D eigenvalue weighted by Gasteiger charge is -2.43. The quantitative estimate of drug-likeness (QED) is 0.614. The lowest BCUT2D eigenvalue weighted by molar-refractivity contribution is -0.146. The van der Waals surface area contributed by atoms with Gasteiger partial charge in [0, 0.05) is 12.6 Å². The molecule has 0 spiro atoms. The van der Waals surface area contributed by atoms with E-state index in [2.05, 4.69) is 12.1 Å². The zero-order valence-electron chi connectivity index (χ0n) is 8.02. The first-order valence-electron chi connectivity index (χ1n) is 5.23. The fourth-order valence-electron chi connectivity index (χ4n) is 2.70. The molecule has 2 unspecified atom stereocenters. The summed E-state index contributed by atoms with van der Waals surface area (Å²) in [6, 6.07) is 10.7. The van der Waals surface area contributed by atoms with Crippen LogP contribution in [0.15, 0.2) is 30.3 Å². The maximum absolute atomic E-state index is 11.8. The van der Waals surface area contributed by atoms with E-state index in [9.17, 15) is 4.79 Å². The fourth-order valence-corrected chi connectivity index (χ4v) is 2.70. The molecule has 0 saturated carbocycles. The molecule has 72 valence electrons. The first-order valence-corrected chi connectivity index (χ1v) is 5.23. The molecule has 0 aromatic heterocycles. The Labute approximate surface area is 83.5 Å². The summed E-state index contributed by atoms with van der Waals surface area (Å²) in [5, 5.41) is 0. The van der Waals surface area contributed by atoms with Gasteiger partial charge in [-0.1, -0.05) is 30.3 Å². The molecular formula is C12H13NO. The van der Waals surface area contributed by atoms with Gasteiger partial charge in [-0.05, 0) is 18.4 Å². The van der Waals surface area contributed by atoms with Crippen LogP contribution >= 0.6 is 0 Å². The lowest BCUT2D eigenvalue weighted by atomic mass is 9.82. The maximum Gasteiger partial charge on any atom is 0.232 e. The van der Waals surface area contributed by atoms with Crippen LogP contribution in [0.25, 0.3) is 0 Å². The van der Waals surface area contributed by atoms with Crippen LogP contribution in [0.5, 0.6) is 0 Å². The van der Waals surface area contributed by atoms with Gasteiger partial charge < -0.3 is 4.90 Å². The van der Waals surface area contributed by atoms with Crippen LogP contribution in [0.4, 0.5) is 0 Å². The molecule has 2 saturated heterocycles. The van der Waals surface area contributed by atoms with Crippen molar-refractivity contribution in [2.75, 3.05) is 6.54 Å². The van der Waals surface area contributed by atoms with Crippen LogP contribution in [0.3, 0.4) is 0 Å². The monoisotopic (exact) mass is 187 g/mol. The summed E-state index contributed by atoms with van der Waals surface area (Å²) < 4.78 is 0. The predicted molar refractivity (Wildman–Crippen MR) is 53.9 cm³/mol. The molecule has 2 atom stereocenters. The smallest absolute Gasteiger partial charge is 0.232 e. The number of benzene rings is 1. The first-order chi connectivity index (χ1) is 6.88. The number of carbonyl (C=O) groups is 1. The second-order valence-electron chi connectivity index (χ2n) is 4.13. The van der Waals surface area contributed by atoms with Crippen LogP contribution in [0.2, 0.25) is 0 Å². The Morgan fingerprint density at radius 2 is 2.00 bits per heavy atom. The van der Waals surface area contributed by atoms with Crippen molar-refractivity contribution in [1.29, 1.82) is 0 Å². The molecule has 2 fully saturated rings. The van der Waals surface area contributed by atoms with E-state index >= 15 is 0 Å². The predicted octanol–water partition coefficient (Wildman–Crippen LogP) is 1.77.